The smallest absolute Gasteiger partial charge is 0.0662 e. The summed E-state index contributed by atoms with van der Waals surface area (Å²) in [6, 6.07) is 5.77. The van der Waals surface area contributed by atoms with Crippen molar-refractivity contribution < 1.29 is 5.11 Å². The fourth-order valence-electron chi connectivity index (χ4n) is 2.03. The highest BCUT2D eigenvalue weighted by atomic mass is 79.9. The highest BCUT2D eigenvalue weighted by molar-refractivity contribution is 9.10. The molecule has 1 rings (SSSR count). The highest BCUT2D eigenvalue weighted by Crippen LogP contribution is 2.27. The third-order valence-corrected chi connectivity index (χ3v) is 3.28. The first kappa shape index (κ1) is 14.0. The minimum absolute atomic E-state index is 0.476. The maximum atomic E-state index is 10.3. The predicted molar refractivity (Wildman–Crippen MR) is 72.9 cm³/mol. The monoisotopic (exact) mass is 304 g/mol. The van der Waals surface area contributed by atoms with E-state index in [1.165, 1.54) is 0 Å². The number of hydrogen-bond donors (Lipinski definition) is 1. The first-order valence-electron chi connectivity index (χ1n) is 5.46. The van der Waals surface area contributed by atoms with Crippen LogP contribution in [0.25, 0.3) is 0 Å². The summed E-state index contributed by atoms with van der Waals surface area (Å²) in [5.74, 6) is 0.476. The molecule has 1 unspecified atom stereocenters. The van der Waals surface area contributed by atoms with Gasteiger partial charge in [-0.2, -0.15) is 0 Å². The van der Waals surface area contributed by atoms with Gasteiger partial charge in [-0.05, 0) is 37.0 Å². The van der Waals surface area contributed by atoms with Gasteiger partial charge in [0.25, 0.3) is 0 Å². The molecule has 1 atom stereocenters. The molecule has 0 spiro atoms. The standard InChI is InChI=1S/C13H18BrClO/c1-9(2)7-13(3,16)8-10-4-5-11(14)6-12(10)15/h4-6,9,16H,7-8H2,1-3H3. The third-order valence-electron chi connectivity index (χ3n) is 2.43. The summed E-state index contributed by atoms with van der Waals surface area (Å²) in [5, 5.41) is 11.0. The second kappa shape index (κ2) is 5.52. The van der Waals surface area contributed by atoms with Crippen molar-refractivity contribution in [3.63, 3.8) is 0 Å². The Morgan fingerprint density at radius 1 is 1.44 bits per heavy atom. The van der Waals surface area contributed by atoms with Crippen LogP contribution in [0.2, 0.25) is 5.02 Å². The van der Waals surface area contributed by atoms with Crippen molar-refractivity contribution in [3.05, 3.63) is 33.3 Å². The molecule has 0 saturated carbocycles. The van der Waals surface area contributed by atoms with Gasteiger partial charge in [-0.3, -0.25) is 0 Å². The second-order valence-corrected chi connectivity index (χ2v) is 6.33. The topological polar surface area (TPSA) is 20.2 Å². The first-order valence-corrected chi connectivity index (χ1v) is 6.63. The van der Waals surface area contributed by atoms with Gasteiger partial charge in [0.2, 0.25) is 0 Å². The zero-order valence-electron chi connectivity index (χ0n) is 9.93. The zero-order chi connectivity index (χ0) is 12.3. The predicted octanol–water partition coefficient (Wildman–Crippen LogP) is 4.44. The van der Waals surface area contributed by atoms with Crippen molar-refractivity contribution in [3.8, 4) is 0 Å². The average molecular weight is 306 g/mol. The number of rotatable bonds is 4. The van der Waals surface area contributed by atoms with Crippen molar-refractivity contribution in [2.45, 2.75) is 39.2 Å². The SMILES string of the molecule is CC(C)CC(C)(O)Cc1ccc(Br)cc1Cl. The van der Waals surface area contributed by atoms with E-state index in [2.05, 4.69) is 29.8 Å². The number of aliphatic hydroxyl groups is 1. The van der Waals surface area contributed by atoms with E-state index in [0.29, 0.717) is 17.4 Å². The average Bonchev–Trinajstić information content (AvgIpc) is 2.07. The van der Waals surface area contributed by atoms with Gasteiger partial charge in [0.15, 0.2) is 0 Å². The van der Waals surface area contributed by atoms with Crippen LogP contribution in [0, 0.1) is 5.92 Å². The van der Waals surface area contributed by atoms with Gasteiger partial charge in [0.05, 0.1) is 5.60 Å². The Balaban J connectivity index is 2.79. The molecule has 16 heavy (non-hydrogen) atoms. The molecule has 0 aliphatic carbocycles. The van der Waals surface area contributed by atoms with E-state index < -0.39 is 5.60 Å². The number of hydrogen-bond acceptors (Lipinski definition) is 1. The van der Waals surface area contributed by atoms with E-state index >= 15 is 0 Å². The first-order chi connectivity index (χ1) is 7.30. The molecule has 3 heteroatoms. The Hall–Kier alpha value is -0.0500. The van der Waals surface area contributed by atoms with Gasteiger partial charge >= 0.3 is 0 Å². The van der Waals surface area contributed by atoms with E-state index in [4.69, 9.17) is 11.6 Å². The van der Waals surface area contributed by atoms with Gasteiger partial charge in [-0.1, -0.05) is 47.4 Å². The largest absolute Gasteiger partial charge is 0.390 e. The highest BCUT2D eigenvalue weighted by Gasteiger charge is 2.23. The molecule has 0 aliphatic rings. The Morgan fingerprint density at radius 3 is 2.56 bits per heavy atom. The molecule has 90 valence electrons. The molecular formula is C13H18BrClO. The lowest BCUT2D eigenvalue weighted by Gasteiger charge is -2.25. The van der Waals surface area contributed by atoms with E-state index in [0.717, 1.165) is 16.5 Å². The van der Waals surface area contributed by atoms with Crippen molar-refractivity contribution in [2.24, 2.45) is 5.92 Å². The van der Waals surface area contributed by atoms with E-state index in [1.807, 2.05) is 25.1 Å². The summed E-state index contributed by atoms with van der Waals surface area (Å²) < 4.78 is 0.963. The van der Waals surface area contributed by atoms with Crippen LogP contribution in [0.3, 0.4) is 0 Å². The molecule has 0 heterocycles. The minimum atomic E-state index is -0.689. The second-order valence-electron chi connectivity index (χ2n) is 5.01. The third kappa shape index (κ3) is 4.44. The number of benzene rings is 1. The molecule has 0 radical (unpaired) electrons. The van der Waals surface area contributed by atoms with E-state index in [1.54, 1.807) is 0 Å². The van der Waals surface area contributed by atoms with Crippen LogP contribution in [0.5, 0.6) is 0 Å². The van der Waals surface area contributed by atoms with Gasteiger partial charge in [-0.25, -0.2) is 0 Å². The molecule has 0 aromatic heterocycles. The van der Waals surface area contributed by atoms with Crippen molar-refractivity contribution in [1.29, 1.82) is 0 Å². The van der Waals surface area contributed by atoms with Crippen LogP contribution >= 0.6 is 27.5 Å². The quantitative estimate of drug-likeness (QED) is 0.872. The van der Waals surface area contributed by atoms with E-state index in [9.17, 15) is 5.11 Å². The molecule has 0 bridgehead atoms. The van der Waals surface area contributed by atoms with Crippen LogP contribution in [-0.4, -0.2) is 10.7 Å². The summed E-state index contributed by atoms with van der Waals surface area (Å²) in [7, 11) is 0. The molecule has 0 amide bonds. The molecule has 0 fully saturated rings. The number of halogens is 2. The summed E-state index contributed by atoms with van der Waals surface area (Å²) >= 11 is 9.50. The van der Waals surface area contributed by atoms with Crippen molar-refractivity contribution >= 4 is 27.5 Å². The lowest BCUT2D eigenvalue weighted by atomic mass is 9.88. The van der Waals surface area contributed by atoms with E-state index in [-0.39, 0.29) is 0 Å². The summed E-state index contributed by atoms with van der Waals surface area (Å²) in [6.45, 7) is 6.08. The summed E-state index contributed by atoms with van der Waals surface area (Å²) in [4.78, 5) is 0. The van der Waals surface area contributed by atoms with Crippen LogP contribution in [0.4, 0.5) is 0 Å². The fraction of sp³-hybridized carbons (Fsp3) is 0.538. The normalized spacial score (nSPS) is 15.2. The Morgan fingerprint density at radius 2 is 2.06 bits per heavy atom. The molecule has 0 aliphatic heterocycles. The van der Waals surface area contributed by atoms with Crippen molar-refractivity contribution in [2.75, 3.05) is 0 Å². The molecular weight excluding hydrogens is 287 g/mol. The van der Waals surface area contributed by atoms with Crippen LogP contribution in [-0.2, 0) is 6.42 Å². The maximum Gasteiger partial charge on any atom is 0.0662 e. The Bertz CT molecular complexity index is 361. The molecule has 1 aromatic carbocycles. The van der Waals surface area contributed by atoms with Crippen LogP contribution < -0.4 is 0 Å². The molecule has 1 N–H and O–H groups in total. The maximum absolute atomic E-state index is 10.3. The Labute approximate surface area is 111 Å². The fourth-order valence-corrected chi connectivity index (χ4v) is 2.77. The minimum Gasteiger partial charge on any atom is -0.390 e. The van der Waals surface area contributed by atoms with Gasteiger partial charge in [-0.15, -0.1) is 0 Å². The lowest BCUT2D eigenvalue weighted by Crippen LogP contribution is -2.29. The zero-order valence-corrected chi connectivity index (χ0v) is 12.3. The van der Waals surface area contributed by atoms with Gasteiger partial charge in [0, 0.05) is 15.9 Å². The van der Waals surface area contributed by atoms with Crippen molar-refractivity contribution in [1.82, 2.24) is 0 Å². The molecule has 1 nitrogen and oxygen atoms in total. The Kier molecular flexibility index (Phi) is 4.84. The van der Waals surface area contributed by atoms with Gasteiger partial charge in [0.1, 0.15) is 0 Å². The molecule has 0 saturated heterocycles. The van der Waals surface area contributed by atoms with Crippen LogP contribution in [0.1, 0.15) is 32.8 Å². The summed E-state index contributed by atoms with van der Waals surface area (Å²) in [5.41, 5.74) is 0.307. The molecule has 1 aromatic rings. The summed E-state index contributed by atoms with van der Waals surface area (Å²) in [6.07, 6.45) is 1.37. The lowest BCUT2D eigenvalue weighted by molar-refractivity contribution is 0.0388. The van der Waals surface area contributed by atoms with Crippen LogP contribution in [0.15, 0.2) is 22.7 Å². The van der Waals surface area contributed by atoms with Gasteiger partial charge < -0.3 is 5.11 Å².